The van der Waals surface area contributed by atoms with Crippen LogP contribution in [0.4, 0.5) is 18.9 Å². The summed E-state index contributed by atoms with van der Waals surface area (Å²) in [7, 11) is 1.64. The lowest BCUT2D eigenvalue weighted by Crippen LogP contribution is -2.32. The summed E-state index contributed by atoms with van der Waals surface area (Å²) >= 11 is 0. The maximum Gasteiger partial charge on any atom is 0.417 e. The van der Waals surface area contributed by atoms with E-state index in [9.17, 15) is 27.6 Å². The fourth-order valence-corrected chi connectivity index (χ4v) is 4.02. The zero-order valence-electron chi connectivity index (χ0n) is 18.6. The molecule has 1 aromatic heterocycles. The van der Waals surface area contributed by atoms with Crippen LogP contribution in [-0.2, 0) is 20.6 Å². The van der Waals surface area contributed by atoms with Crippen molar-refractivity contribution < 1.29 is 27.6 Å². The second kappa shape index (κ2) is 9.13. The summed E-state index contributed by atoms with van der Waals surface area (Å²) in [4.78, 5) is 41.6. The van der Waals surface area contributed by atoms with Gasteiger partial charge in [-0.3, -0.25) is 19.7 Å². The lowest BCUT2D eigenvalue weighted by atomic mass is 9.92. The van der Waals surface area contributed by atoms with Crippen LogP contribution < -0.4 is 15.5 Å². The van der Waals surface area contributed by atoms with Crippen LogP contribution in [0.2, 0.25) is 0 Å². The summed E-state index contributed by atoms with van der Waals surface area (Å²) in [5.41, 5.74) is -0.532. The number of imide groups is 1. The van der Waals surface area contributed by atoms with E-state index in [1.807, 2.05) is 0 Å². The van der Waals surface area contributed by atoms with Gasteiger partial charge in [0.2, 0.25) is 5.91 Å². The fraction of sp³-hybridized carbons (Fsp3) is 0.160. The van der Waals surface area contributed by atoms with Crippen LogP contribution >= 0.6 is 0 Å². The number of para-hydroxylation sites is 1. The van der Waals surface area contributed by atoms with Crippen LogP contribution in [0.25, 0.3) is 22.0 Å². The van der Waals surface area contributed by atoms with Crippen LogP contribution in [0.5, 0.6) is 0 Å². The Morgan fingerprint density at radius 1 is 1.09 bits per heavy atom. The number of carbonyl (C=O) groups excluding carboxylic acids is 3. The van der Waals surface area contributed by atoms with Gasteiger partial charge in [0.05, 0.1) is 16.7 Å². The largest absolute Gasteiger partial charge is 0.417 e. The summed E-state index contributed by atoms with van der Waals surface area (Å²) in [6, 6.07) is 10.4. The smallest absolute Gasteiger partial charge is 0.373 e. The molecule has 0 aliphatic carbocycles. The molecule has 3 N–H and O–H groups in total. The zero-order chi connectivity index (χ0) is 25.3. The summed E-state index contributed by atoms with van der Waals surface area (Å²) in [5, 5.41) is 5.34. The number of likely N-dealkylation sites (N-methyl/N-ethyl adjacent to an activating group) is 1. The van der Waals surface area contributed by atoms with Crippen molar-refractivity contribution in [3.63, 3.8) is 0 Å². The number of amides is 3. The minimum absolute atomic E-state index is 0.129. The fourth-order valence-electron chi connectivity index (χ4n) is 4.02. The van der Waals surface area contributed by atoms with E-state index < -0.39 is 29.1 Å². The number of alkyl halides is 3. The van der Waals surface area contributed by atoms with Crippen molar-refractivity contribution in [2.75, 3.05) is 25.0 Å². The quantitative estimate of drug-likeness (QED) is 0.355. The van der Waals surface area contributed by atoms with E-state index in [0.717, 1.165) is 12.1 Å². The second-order valence-electron chi connectivity index (χ2n) is 7.93. The van der Waals surface area contributed by atoms with E-state index in [1.165, 1.54) is 18.3 Å². The van der Waals surface area contributed by atoms with Gasteiger partial charge < -0.3 is 15.2 Å². The third-order valence-electron chi connectivity index (χ3n) is 5.74. The molecule has 2 aromatic carbocycles. The molecule has 1 aliphatic heterocycles. The molecule has 3 aromatic rings. The molecule has 180 valence electrons. The first kappa shape index (κ1) is 23.8. The topological polar surface area (TPSA) is 94.3 Å². The molecular weight excluding hydrogens is 461 g/mol. The maximum atomic E-state index is 14.0. The molecule has 0 bridgehead atoms. The van der Waals surface area contributed by atoms with Gasteiger partial charge in [0.15, 0.2) is 0 Å². The minimum atomic E-state index is -4.77. The number of nitrogens with zero attached hydrogens (tertiary/aromatic N) is 1. The Kier molecular flexibility index (Phi) is 6.21. The molecular formula is C25H21F3N4O3. The van der Waals surface area contributed by atoms with Gasteiger partial charge in [-0.25, -0.2) is 0 Å². The van der Waals surface area contributed by atoms with Crippen molar-refractivity contribution in [2.24, 2.45) is 0 Å². The SMILES string of the molecule is C=CC(=O)NCCN(C)c1ccc(C(F)(F)F)c(C2=C(c3c[nH]c4ccccc34)C(=O)NC2=O)c1. The Morgan fingerprint density at radius 2 is 1.77 bits per heavy atom. The molecule has 2 heterocycles. The predicted molar refractivity (Wildman–Crippen MR) is 126 cm³/mol. The second-order valence-corrected chi connectivity index (χ2v) is 7.93. The van der Waals surface area contributed by atoms with Crippen molar-refractivity contribution in [3.8, 4) is 0 Å². The van der Waals surface area contributed by atoms with Crippen molar-refractivity contribution in [1.29, 1.82) is 0 Å². The Bertz CT molecular complexity index is 1390. The first-order valence-corrected chi connectivity index (χ1v) is 10.6. The van der Waals surface area contributed by atoms with E-state index in [4.69, 9.17) is 0 Å². The molecule has 3 amide bonds. The number of rotatable bonds is 7. The van der Waals surface area contributed by atoms with Crippen LogP contribution in [0.1, 0.15) is 16.7 Å². The van der Waals surface area contributed by atoms with E-state index in [2.05, 4.69) is 22.2 Å². The summed E-state index contributed by atoms with van der Waals surface area (Å²) in [6.07, 6.45) is -2.15. The normalized spacial score (nSPS) is 13.8. The average molecular weight is 482 g/mol. The molecule has 0 unspecified atom stereocenters. The van der Waals surface area contributed by atoms with Crippen LogP contribution in [0.3, 0.4) is 0 Å². The van der Waals surface area contributed by atoms with Crippen LogP contribution in [0.15, 0.2) is 61.3 Å². The van der Waals surface area contributed by atoms with Crippen molar-refractivity contribution in [3.05, 3.63) is 78.0 Å². The first-order chi connectivity index (χ1) is 16.6. The highest BCUT2D eigenvalue weighted by Crippen LogP contribution is 2.42. The van der Waals surface area contributed by atoms with Gasteiger partial charge in [-0.1, -0.05) is 24.8 Å². The number of aromatic nitrogens is 1. The maximum absolute atomic E-state index is 14.0. The number of fused-ring (bicyclic) bond motifs is 1. The van der Waals surface area contributed by atoms with Gasteiger partial charge in [0, 0.05) is 54.1 Å². The molecule has 0 saturated heterocycles. The van der Waals surface area contributed by atoms with E-state index in [0.29, 0.717) is 22.2 Å². The Hall–Kier alpha value is -4.34. The van der Waals surface area contributed by atoms with Gasteiger partial charge in [-0.05, 0) is 30.3 Å². The molecule has 0 radical (unpaired) electrons. The molecule has 0 fully saturated rings. The first-order valence-electron chi connectivity index (χ1n) is 10.6. The summed E-state index contributed by atoms with van der Waals surface area (Å²) < 4.78 is 42.0. The van der Waals surface area contributed by atoms with Crippen molar-refractivity contribution in [1.82, 2.24) is 15.6 Å². The van der Waals surface area contributed by atoms with E-state index in [1.54, 1.807) is 36.2 Å². The molecule has 1 aliphatic rings. The Labute approximate surface area is 198 Å². The predicted octanol–water partition coefficient (Wildman–Crippen LogP) is 3.49. The number of hydrogen-bond donors (Lipinski definition) is 3. The highest BCUT2D eigenvalue weighted by molar-refractivity contribution is 6.50. The molecule has 0 spiro atoms. The number of hydrogen-bond acceptors (Lipinski definition) is 4. The minimum Gasteiger partial charge on any atom is -0.373 e. The van der Waals surface area contributed by atoms with Gasteiger partial charge in [0.1, 0.15) is 0 Å². The van der Waals surface area contributed by atoms with Crippen molar-refractivity contribution in [2.45, 2.75) is 6.18 Å². The number of benzene rings is 2. The number of H-pyrrole nitrogens is 1. The number of carbonyl (C=O) groups is 3. The standard InChI is InChI=1S/C25H21F3N4O3/c1-3-20(33)29-10-11-32(2)14-8-9-18(25(26,27)28)16(12-14)21-22(24(35)31-23(21)34)17-13-30-19-7-5-4-6-15(17)19/h3-9,12-13,30H,1,10-11H2,2H3,(H,29,33)(H,31,34,35). The van der Waals surface area contributed by atoms with Gasteiger partial charge in [0.25, 0.3) is 11.8 Å². The van der Waals surface area contributed by atoms with E-state index in [-0.39, 0.29) is 30.1 Å². The lowest BCUT2D eigenvalue weighted by Gasteiger charge is -2.22. The summed E-state index contributed by atoms with van der Waals surface area (Å²) in [5.74, 6) is -2.05. The third-order valence-corrected chi connectivity index (χ3v) is 5.74. The number of halogens is 3. The zero-order valence-corrected chi connectivity index (χ0v) is 18.6. The van der Waals surface area contributed by atoms with E-state index >= 15 is 0 Å². The molecule has 0 saturated carbocycles. The number of anilines is 1. The van der Waals surface area contributed by atoms with Crippen LogP contribution in [-0.4, -0.2) is 42.8 Å². The molecule has 7 nitrogen and oxygen atoms in total. The molecule has 4 rings (SSSR count). The average Bonchev–Trinajstić information content (AvgIpc) is 3.37. The Balaban J connectivity index is 1.86. The van der Waals surface area contributed by atoms with Crippen LogP contribution in [0, 0.1) is 0 Å². The highest BCUT2D eigenvalue weighted by Gasteiger charge is 2.40. The van der Waals surface area contributed by atoms with Gasteiger partial charge >= 0.3 is 6.18 Å². The monoisotopic (exact) mass is 482 g/mol. The number of aromatic amines is 1. The van der Waals surface area contributed by atoms with Crippen molar-refractivity contribution >= 4 is 45.5 Å². The van der Waals surface area contributed by atoms with Gasteiger partial charge in [-0.2, -0.15) is 13.2 Å². The molecule has 35 heavy (non-hydrogen) atoms. The van der Waals surface area contributed by atoms with Gasteiger partial charge in [-0.15, -0.1) is 0 Å². The lowest BCUT2D eigenvalue weighted by molar-refractivity contribution is -0.137. The summed E-state index contributed by atoms with van der Waals surface area (Å²) in [6.45, 7) is 3.86. The molecule has 0 atom stereocenters. The number of nitrogens with one attached hydrogen (secondary N) is 3. The third kappa shape index (κ3) is 4.54. The Morgan fingerprint density at radius 3 is 2.46 bits per heavy atom. The highest BCUT2D eigenvalue weighted by atomic mass is 19.4. The molecule has 10 heteroatoms.